The van der Waals surface area contributed by atoms with Crippen LogP contribution in [0, 0.1) is 12.7 Å². The minimum Gasteiger partial charge on any atom is -0.348 e. The van der Waals surface area contributed by atoms with Crippen LogP contribution in [0.25, 0.3) is 5.69 Å². The second-order valence-corrected chi connectivity index (χ2v) is 6.00. The largest absolute Gasteiger partial charge is 0.348 e. The van der Waals surface area contributed by atoms with Crippen molar-refractivity contribution in [2.45, 2.75) is 19.9 Å². The third-order valence-corrected chi connectivity index (χ3v) is 4.18. The van der Waals surface area contributed by atoms with E-state index in [1.807, 2.05) is 6.92 Å². The molecule has 1 aliphatic heterocycles. The van der Waals surface area contributed by atoms with Crippen LogP contribution in [-0.2, 0) is 9.59 Å². The molecule has 2 aromatic rings. The number of hydrogen-bond acceptors (Lipinski definition) is 4. The Kier molecular flexibility index (Phi) is 4.70. The Balaban J connectivity index is 1.70. The van der Waals surface area contributed by atoms with E-state index in [1.165, 1.54) is 12.1 Å². The van der Waals surface area contributed by atoms with Crippen LogP contribution in [0.4, 0.5) is 9.18 Å². The molecule has 1 atom stereocenters. The molecule has 0 radical (unpaired) electrons. The predicted molar refractivity (Wildman–Crippen MR) is 89.9 cm³/mol. The molecule has 1 aliphatic rings. The lowest BCUT2D eigenvalue weighted by atomic mass is 10.1. The van der Waals surface area contributed by atoms with Gasteiger partial charge >= 0.3 is 6.03 Å². The molecule has 1 fully saturated rings. The Hall–Kier alpha value is -3.23. The van der Waals surface area contributed by atoms with Crippen molar-refractivity contribution in [1.29, 1.82) is 0 Å². The van der Waals surface area contributed by atoms with Gasteiger partial charge in [-0.15, -0.1) is 0 Å². The van der Waals surface area contributed by atoms with E-state index in [-0.39, 0.29) is 18.9 Å². The predicted octanol–water partition coefficient (Wildman–Crippen LogP) is 1.05. The maximum Gasteiger partial charge on any atom is 0.325 e. The van der Waals surface area contributed by atoms with Crippen molar-refractivity contribution in [2.24, 2.45) is 0 Å². The number of aromatic nitrogens is 2. The normalized spacial score (nSPS) is 15.1. The molecule has 2 N–H and O–H groups in total. The Bertz CT molecular complexity index is 863. The van der Waals surface area contributed by atoms with Crippen molar-refractivity contribution in [2.75, 3.05) is 13.1 Å². The van der Waals surface area contributed by atoms with Crippen LogP contribution in [0.5, 0.6) is 0 Å². The molecule has 1 saturated heterocycles. The molecule has 0 unspecified atom stereocenters. The van der Waals surface area contributed by atoms with Gasteiger partial charge in [0.2, 0.25) is 5.91 Å². The van der Waals surface area contributed by atoms with Gasteiger partial charge in [0.15, 0.2) is 0 Å². The standard InChI is InChI=1S/C17H18FN5O3/c1-10(21-15(24)9-22-16(25)8-19-17(22)26)14-7-20-23(11(14)2)13-5-3-4-12(18)6-13/h3-7,10H,8-9H2,1-2H3,(H,19,26)(H,21,24)/t10-/m1/s1. The van der Waals surface area contributed by atoms with Crippen LogP contribution in [0.15, 0.2) is 30.5 Å². The Labute approximate surface area is 149 Å². The van der Waals surface area contributed by atoms with Gasteiger partial charge in [0, 0.05) is 11.3 Å². The number of halogens is 1. The maximum atomic E-state index is 13.4. The summed E-state index contributed by atoms with van der Waals surface area (Å²) < 4.78 is 15.0. The van der Waals surface area contributed by atoms with Crippen molar-refractivity contribution in [3.05, 3.63) is 47.5 Å². The van der Waals surface area contributed by atoms with Gasteiger partial charge in [0.25, 0.3) is 5.91 Å². The summed E-state index contributed by atoms with van der Waals surface area (Å²) >= 11 is 0. The molecule has 8 nitrogen and oxygen atoms in total. The molecule has 9 heteroatoms. The first-order valence-corrected chi connectivity index (χ1v) is 8.05. The van der Waals surface area contributed by atoms with Gasteiger partial charge in [-0.25, -0.2) is 13.9 Å². The summed E-state index contributed by atoms with van der Waals surface area (Å²) in [6.07, 6.45) is 1.60. The van der Waals surface area contributed by atoms with Crippen molar-refractivity contribution >= 4 is 17.8 Å². The molecule has 26 heavy (non-hydrogen) atoms. The average Bonchev–Trinajstić information content (AvgIpc) is 3.12. The summed E-state index contributed by atoms with van der Waals surface area (Å²) in [5.41, 5.74) is 2.07. The van der Waals surface area contributed by atoms with Gasteiger partial charge < -0.3 is 10.6 Å². The Morgan fingerprint density at radius 3 is 2.85 bits per heavy atom. The van der Waals surface area contributed by atoms with Crippen LogP contribution in [0.1, 0.15) is 24.2 Å². The van der Waals surface area contributed by atoms with Crippen molar-refractivity contribution in [3.63, 3.8) is 0 Å². The van der Waals surface area contributed by atoms with E-state index in [9.17, 15) is 18.8 Å². The fourth-order valence-corrected chi connectivity index (χ4v) is 2.84. The SMILES string of the molecule is Cc1c([C@@H](C)NC(=O)CN2C(=O)CNC2=O)cnn1-c1cccc(F)c1. The quantitative estimate of drug-likeness (QED) is 0.780. The molecule has 0 saturated carbocycles. The van der Waals surface area contributed by atoms with Gasteiger partial charge in [0.05, 0.1) is 24.5 Å². The van der Waals surface area contributed by atoms with E-state index in [4.69, 9.17) is 0 Å². The van der Waals surface area contributed by atoms with Crippen molar-refractivity contribution in [1.82, 2.24) is 25.3 Å². The molecule has 4 amide bonds. The summed E-state index contributed by atoms with van der Waals surface area (Å²) in [6.45, 7) is 3.14. The van der Waals surface area contributed by atoms with E-state index >= 15 is 0 Å². The number of hydrogen-bond donors (Lipinski definition) is 2. The van der Waals surface area contributed by atoms with E-state index in [1.54, 1.807) is 29.9 Å². The zero-order chi connectivity index (χ0) is 18.8. The van der Waals surface area contributed by atoms with Gasteiger partial charge in [-0.3, -0.25) is 14.5 Å². The van der Waals surface area contributed by atoms with E-state index in [0.29, 0.717) is 5.69 Å². The minimum absolute atomic E-state index is 0.0961. The summed E-state index contributed by atoms with van der Waals surface area (Å²) in [5, 5.41) is 9.35. The van der Waals surface area contributed by atoms with Gasteiger partial charge in [0.1, 0.15) is 12.4 Å². The highest BCUT2D eigenvalue weighted by Crippen LogP contribution is 2.20. The Morgan fingerprint density at radius 1 is 1.42 bits per heavy atom. The summed E-state index contributed by atoms with van der Waals surface area (Å²) in [4.78, 5) is 36.0. The molecule has 1 aromatic heterocycles. The summed E-state index contributed by atoms with van der Waals surface area (Å²) in [5.74, 6) is -1.26. The first-order valence-electron chi connectivity index (χ1n) is 8.05. The highest BCUT2D eigenvalue weighted by Gasteiger charge is 2.30. The summed E-state index contributed by atoms with van der Waals surface area (Å²) in [7, 11) is 0. The Morgan fingerprint density at radius 2 is 2.19 bits per heavy atom. The highest BCUT2D eigenvalue weighted by molar-refractivity contribution is 6.04. The molecule has 0 spiro atoms. The lowest BCUT2D eigenvalue weighted by Gasteiger charge is -2.17. The van der Waals surface area contributed by atoms with Gasteiger partial charge in [-0.05, 0) is 32.0 Å². The van der Waals surface area contributed by atoms with Crippen molar-refractivity contribution < 1.29 is 18.8 Å². The van der Waals surface area contributed by atoms with E-state index in [0.717, 1.165) is 16.2 Å². The number of amides is 4. The number of carbonyl (C=O) groups is 3. The molecular formula is C17H18FN5O3. The number of urea groups is 1. The van der Waals surface area contributed by atoms with Crippen LogP contribution in [-0.4, -0.2) is 45.6 Å². The average molecular weight is 359 g/mol. The third kappa shape index (κ3) is 3.41. The lowest BCUT2D eigenvalue weighted by Crippen LogP contribution is -2.41. The van der Waals surface area contributed by atoms with E-state index in [2.05, 4.69) is 15.7 Å². The smallest absolute Gasteiger partial charge is 0.325 e. The molecule has 0 bridgehead atoms. The second kappa shape index (κ2) is 6.95. The molecular weight excluding hydrogens is 341 g/mol. The van der Waals surface area contributed by atoms with Crippen LogP contribution < -0.4 is 10.6 Å². The molecule has 3 rings (SSSR count). The lowest BCUT2D eigenvalue weighted by molar-refractivity contribution is -0.130. The van der Waals surface area contributed by atoms with Gasteiger partial charge in [-0.1, -0.05) is 6.07 Å². The number of imide groups is 1. The van der Waals surface area contributed by atoms with Crippen LogP contribution in [0.2, 0.25) is 0 Å². The highest BCUT2D eigenvalue weighted by atomic mass is 19.1. The van der Waals surface area contributed by atoms with E-state index < -0.39 is 23.9 Å². The number of carbonyl (C=O) groups excluding carboxylic acids is 3. The zero-order valence-electron chi connectivity index (χ0n) is 14.3. The van der Waals surface area contributed by atoms with Crippen LogP contribution in [0.3, 0.4) is 0 Å². The number of nitrogens with one attached hydrogen (secondary N) is 2. The minimum atomic E-state index is -0.576. The number of rotatable bonds is 5. The van der Waals surface area contributed by atoms with Crippen molar-refractivity contribution in [3.8, 4) is 5.69 Å². The van der Waals surface area contributed by atoms with Crippen LogP contribution >= 0.6 is 0 Å². The molecule has 1 aromatic carbocycles. The van der Waals surface area contributed by atoms with Gasteiger partial charge in [-0.2, -0.15) is 5.10 Å². The maximum absolute atomic E-state index is 13.4. The summed E-state index contributed by atoms with van der Waals surface area (Å²) in [6, 6.07) is 5.06. The third-order valence-electron chi connectivity index (χ3n) is 4.18. The molecule has 136 valence electrons. The monoisotopic (exact) mass is 359 g/mol. The number of benzene rings is 1. The topological polar surface area (TPSA) is 96.3 Å². The second-order valence-electron chi connectivity index (χ2n) is 6.00. The number of nitrogens with zero attached hydrogens (tertiary/aromatic N) is 3. The fourth-order valence-electron chi connectivity index (χ4n) is 2.84. The first-order chi connectivity index (χ1) is 12.4. The molecule has 0 aliphatic carbocycles. The fraction of sp³-hybridized carbons (Fsp3) is 0.294. The molecule has 2 heterocycles. The first kappa shape index (κ1) is 17.6. The zero-order valence-corrected chi connectivity index (χ0v) is 14.3.